The lowest BCUT2D eigenvalue weighted by atomic mass is 10.0. The van der Waals surface area contributed by atoms with Crippen LogP contribution < -0.4 is 5.32 Å². The molecule has 0 aromatic rings. The van der Waals surface area contributed by atoms with Crippen LogP contribution in [0, 0.1) is 5.92 Å². The van der Waals surface area contributed by atoms with Gasteiger partial charge in [-0.2, -0.15) is 0 Å². The number of nitrogens with zero attached hydrogens (tertiary/aromatic N) is 2. The van der Waals surface area contributed by atoms with Crippen molar-refractivity contribution in [2.45, 2.75) is 59.5 Å². The molecule has 1 rings (SSSR count). The van der Waals surface area contributed by atoms with Gasteiger partial charge in [-0.3, -0.25) is 4.90 Å². The Morgan fingerprint density at radius 1 is 1.05 bits per heavy atom. The quantitative estimate of drug-likeness (QED) is 0.766. The smallest absolute Gasteiger partial charge is 0.0193 e. The first kappa shape index (κ1) is 16.9. The van der Waals surface area contributed by atoms with E-state index in [0.717, 1.165) is 12.5 Å². The molecule has 1 aliphatic heterocycles. The largest absolute Gasteiger partial charge is 0.310 e. The normalized spacial score (nSPS) is 21.0. The van der Waals surface area contributed by atoms with Gasteiger partial charge >= 0.3 is 0 Å². The first-order valence-electron chi connectivity index (χ1n) is 8.05. The maximum Gasteiger partial charge on any atom is 0.0193 e. The molecule has 0 aromatic heterocycles. The van der Waals surface area contributed by atoms with Crippen molar-refractivity contribution < 1.29 is 0 Å². The Morgan fingerprint density at radius 3 is 2.11 bits per heavy atom. The van der Waals surface area contributed by atoms with Gasteiger partial charge in [0.1, 0.15) is 0 Å². The predicted molar refractivity (Wildman–Crippen MR) is 84.7 cm³/mol. The van der Waals surface area contributed by atoms with Crippen LogP contribution in [0.5, 0.6) is 0 Å². The lowest BCUT2D eigenvalue weighted by Gasteiger charge is -2.39. The molecule has 1 fully saturated rings. The summed E-state index contributed by atoms with van der Waals surface area (Å²) in [6.07, 6.45) is 1.18. The molecule has 0 spiro atoms. The first-order valence-corrected chi connectivity index (χ1v) is 8.05. The molecule has 3 heteroatoms. The Balaban J connectivity index is 2.27. The van der Waals surface area contributed by atoms with E-state index in [4.69, 9.17) is 0 Å². The summed E-state index contributed by atoms with van der Waals surface area (Å²) < 4.78 is 0. The summed E-state index contributed by atoms with van der Waals surface area (Å²) in [6, 6.07) is 0.645. The molecular weight excluding hydrogens is 234 g/mol. The van der Waals surface area contributed by atoms with Gasteiger partial charge in [-0.05, 0) is 33.1 Å². The molecule has 0 saturated carbocycles. The van der Waals surface area contributed by atoms with Gasteiger partial charge in [-0.25, -0.2) is 0 Å². The second kappa shape index (κ2) is 7.61. The van der Waals surface area contributed by atoms with E-state index in [1.807, 2.05) is 0 Å². The SMILES string of the molecule is CCC(C)(C)NCC(C)N1CCN(CC(C)C)CC1. The molecule has 0 aromatic carbocycles. The van der Waals surface area contributed by atoms with E-state index >= 15 is 0 Å². The highest BCUT2D eigenvalue weighted by atomic mass is 15.3. The van der Waals surface area contributed by atoms with Crippen molar-refractivity contribution in [2.24, 2.45) is 5.92 Å². The zero-order chi connectivity index (χ0) is 14.5. The minimum Gasteiger partial charge on any atom is -0.310 e. The Hall–Kier alpha value is -0.120. The van der Waals surface area contributed by atoms with Crippen LogP contribution in [0.4, 0.5) is 0 Å². The summed E-state index contributed by atoms with van der Waals surface area (Å²) in [5, 5.41) is 3.69. The first-order chi connectivity index (χ1) is 8.84. The van der Waals surface area contributed by atoms with Crippen LogP contribution in [0.25, 0.3) is 0 Å². The van der Waals surface area contributed by atoms with E-state index in [2.05, 4.69) is 56.7 Å². The molecule has 0 radical (unpaired) electrons. The number of hydrogen-bond acceptors (Lipinski definition) is 3. The van der Waals surface area contributed by atoms with E-state index in [1.54, 1.807) is 0 Å². The Morgan fingerprint density at radius 2 is 1.63 bits per heavy atom. The molecule has 1 unspecified atom stereocenters. The number of hydrogen-bond donors (Lipinski definition) is 1. The molecule has 1 N–H and O–H groups in total. The van der Waals surface area contributed by atoms with Gasteiger partial charge in [-0.1, -0.05) is 20.8 Å². The zero-order valence-electron chi connectivity index (χ0n) is 14.0. The van der Waals surface area contributed by atoms with Gasteiger partial charge in [0.2, 0.25) is 0 Å². The van der Waals surface area contributed by atoms with Crippen molar-refractivity contribution in [1.82, 2.24) is 15.1 Å². The van der Waals surface area contributed by atoms with E-state index in [-0.39, 0.29) is 5.54 Å². The average Bonchev–Trinajstić information content (AvgIpc) is 2.36. The topological polar surface area (TPSA) is 18.5 Å². The Labute approximate surface area is 120 Å². The van der Waals surface area contributed by atoms with Gasteiger partial charge in [0.25, 0.3) is 0 Å². The summed E-state index contributed by atoms with van der Waals surface area (Å²) in [6.45, 7) is 21.1. The molecular formula is C16H35N3. The summed E-state index contributed by atoms with van der Waals surface area (Å²) in [5.74, 6) is 0.788. The fourth-order valence-corrected chi connectivity index (χ4v) is 2.58. The molecule has 0 aliphatic carbocycles. The highest BCUT2D eigenvalue weighted by Gasteiger charge is 2.23. The van der Waals surface area contributed by atoms with Crippen LogP contribution in [-0.4, -0.2) is 60.6 Å². The minimum absolute atomic E-state index is 0.272. The van der Waals surface area contributed by atoms with Crippen molar-refractivity contribution in [3.8, 4) is 0 Å². The Kier molecular flexibility index (Phi) is 6.78. The fourth-order valence-electron chi connectivity index (χ4n) is 2.58. The minimum atomic E-state index is 0.272. The lowest BCUT2D eigenvalue weighted by molar-refractivity contribution is 0.0912. The van der Waals surface area contributed by atoms with E-state index < -0.39 is 0 Å². The van der Waals surface area contributed by atoms with E-state index in [1.165, 1.54) is 39.1 Å². The van der Waals surface area contributed by atoms with Gasteiger partial charge in [0, 0.05) is 50.8 Å². The second-order valence-corrected chi connectivity index (χ2v) is 7.20. The predicted octanol–water partition coefficient (Wildman–Crippen LogP) is 2.43. The summed E-state index contributed by atoms with van der Waals surface area (Å²) >= 11 is 0. The van der Waals surface area contributed by atoms with E-state index in [0.29, 0.717) is 6.04 Å². The third-order valence-corrected chi connectivity index (χ3v) is 4.41. The highest BCUT2D eigenvalue weighted by Crippen LogP contribution is 2.10. The van der Waals surface area contributed by atoms with Crippen LogP contribution in [0.1, 0.15) is 48.0 Å². The number of rotatable bonds is 7. The standard InChI is InChI=1S/C16H35N3/c1-7-16(5,6)17-12-15(4)19-10-8-18(9-11-19)13-14(2)3/h14-15,17H,7-13H2,1-6H3. The average molecular weight is 269 g/mol. The monoisotopic (exact) mass is 269 g/mol. The van der Waals surface area contributed by atoms with Crippen molar-refractivity contribution in [3.63, 3.8) is 0 Å². The van der Waals surface area contributed by atoms with Crippen molar-refractivity contribution >= 4 is 0 Å². The molecule has 3 nitrogen and oxygen atoms in total. The van der Waals surface area contributed by atoms with Crippen molar-refractivity contribution in [1.29, 1.82) is 0 Å². The lowest BCUT2D eigenvalue weighted by Crippen LogP contribution is -2.54. The van der Waals surface area contributed by atoms with Crippen LogP contribution in [0.2, 0.25) is 0 Å². The summed E-state index contributed by atoms with van der Waals surface area (Å²) in [5.41, 5.74) is 0.272. The number of nitrogens with one attached hydrogen (secondary N) is 1. The molecule has 0 bridgehead atoms. The van der Waals surface area contributed by atoms with Crippen LogP contribution >= 0.6 is 0 Å². The molecule has 19 heavy (non-hydrogen) atoms. The van der Waals surface area contributed by atoms with Crippen LogP contribution in [0.15, 0.2) is 0 Å². The number of piperazine rings is 1. The zero-order valence-corrected chi connectivity index (χ0v) is 14.0. The highest BCUT2D eigenvalue weighted by molar-refractivity contribution is 4.82. The van der Waals surface area contributed by atoms with Gasteiger partial charge in [0.05, 0.1) is 0 Å². The molecule has 1 atom stereocenters. The third kappa shape index (κ3) is 6.24. The second-order valence-electron chi connectivity index (χ2n) is 7.20. The maximum absolute atomic E-state index is 3.69. The molecule has 1 saturated heterocycles. The van der Waals surface area contributed by atoms with Crippen LogP contribution in [0.3, 0.4) is 0 Å². The van der Waals surface area contributed by atoms with Gasteiger partial charge < -0.3 is 10.2 Å². The summed E-state index contributed by atoms with van der Waals surface area (Å²) in [4.78, 5) is 5.24. The summed E-state index contributed by atoms with van der Waals surface area (Å²) in [7, 11) is 0. The van der Waals surface area contributed by atoms with Crippen LogP contribution in [-0.2, 0) is 0 Å². The molecule has 0 amide bonds. The Bertz CT molecular complexity index is 242. The van der Waals surface area contributed by atoms with Crippen molar-refractivity contribution in [2.75, 3.05) is 39.3 Å². The van der Waals surface area contributed by atoms with Crippen molar-refractivity contribution in [3.05, 3.63) is 0 Å². The van der Waals surface area contributed by atoms with E-state index in [9.17, 15) is 0 Å². The van der Waals surface area contributed by atoms with Gasteiger partial charge in [0.15, 0.2) is 0 Å². The third-order valence-electron chi connectivity index (χ3n) is 4.41. The fraction of sp³-hybridized carbons (Fsp3) is 1.00. The molecule has 114 valence electrons. The molecule has 1 aliphatic rings. The molecule has 1 heterocycles. The maximum atomic E-state index is 3.69. The van der Waals surface area contributed by atoms with Gasteiger partial charge in [-0.15, -0.1) is 0 Å².